The Hall–Kier alpha value is -3.51. The molecule has 0 N–H and O–H groups in total. The van der Waals surface area contributed by atoms with Crippen LogP contribution in [0.4, 0.5) is 10.1 Å². The lowest BCUT2D eigenvalue weighted by Crippen LogP contribution is -2.29. The molecule has 0 aromatic heterocycles. The van der Waals surface area contributed by atoms with Crippen molar-refractivity contribution in [3.63, 3.8) is 0 Å². The van der Waals surface area contributed by atoms with Crippen molar-refractivity contribution in [1.82, 2.24) is 0 Å². The minimum atomic E-state index is -0.446. The number of halogens is 1. The molecule has 4 rings (SSSR count). The summed E-state index contributed by atoms with van der Waals surface area (Å²) in [4.78, 5) is 27.0. The molecule has 0 atom stereocenters. The molecule has 5 nitrogen and oxygen atoms in total. The van der Waals surface area contributed by atoms with Crippen molar-refractivity contribution in [3.05, 3.63) is 88.7 Å². The number of carbonyl (C=O) groups is 2. The number of aryl methyl sites for hydroxylation is 1. The molecule has 0 bridgehead atoms. The lowest BCUT2D eigenvalue weighted by Gasteiger charge is -2.32. The van der Waals surface area contributed by atoms with Crippen LogP contribution in [0, 0.1) is 5.82 Å². The van der Waals surface area contributed by atoms with Crippen molar-refractivity contribution in [2.24, 2.45) is 0 Å². The summed E-state index contributed by atoms with van der Waals surface area (Å²) < 4.78 is 26.4. The zero-order chi connectivity index (χ0) is 25.9. The first-order valence-electron chi connectivity index (χ1n) is 12.2. The molecule has 0 fully saturated rings. The zero-order valence-corrected chi connectivity index (χ0v) is 21.3. The molecule has 1 heterocycles. The largest absolute Gasteiger partial charge is 0.465 e. The van der Waals surface area contributed by atoms with Gasteiger partial charge in [-0.15, -0.1) is 0 Å². The summed E-state index contributed by atoms with van der Waals surface area (Å²) in [6.07, 6.45) is 1.76. The van der Waals surface area contributed by atoms with Crippen molar-refractivity contribution < 1.29 is 23.5 Å². The van der Waals surface area contributed by atoms with Gasteiger partial charge in [-0.25, -0.2) is 9.18 Å². The Morgan fingerprint density at radius 3 is 2.50 bits per heavy atom. The fraction of sp³-hybridized carbons (Fsp3) is 0.333. The summed E-state index contributed by atoms with van der Waals surface area (Å²) >= 11 is 0. The zero-order valence-electron chi connectivity index (χ0n) is 21.3. The third kappa shape index (κ3) is 5.65. The SMILES string of the molecule is COC(=O)c1ccc2c(c1)CCCN2Cc1cccc(-c2ccccc2C(=O)COC(C)(C)C)c1F. The number of hydrogen-bond acceptors (Lipinski definition) is 5. The van der Waals surface area contributed by atoms with E-state index >= 15 is 4.39 Å². The van der Waals surface area contributed by atoms with Crippen LogP contribution in [-0.2, 0) is 22.4 Å². The third-order valence-electron chi connectivity index (χ3n) is 6.31. The molecule has 0 amide bonds. The van der Waals surface area contributed by atoms with E-state index in [4.69, 9.17) is 9.47 Å². The van der Waals surface area contributed by atoms with Gasteiger partial charge in [0, 0.05) is 35.5 Å². The number of methoxy groups -OCH3 is 1. The quantitative estimate of drug-likeness (QED) is 0.291. The summed E-state index contributed by atoms with van der Waals surface area (Å²) in [7, 11) is 1.37. The van der Waals surface area contributed by atoms with Gasteiger partial charge in [-0.2, -0.15) is 0 Å². The summed E-state index contributed by atoms with van der Waals surface area (Å²) in [6.45, 7) is 6.78. The maximum absolute atomic E-state index is 15.9. The van der Waals surface area contributed by atoms with E-state index < -0.39 is 5.60 Å². The molecule has 3 aromatic carbocycles. The van der Waals surface area contributed by atoms with Crippen LogP contribution in [0.15, 0.2) is 60.7 Å². The van der Waals surface area contributed by atoms with Gasteiger partial charge in [0.15, 0.2) is 5.78 Å². The topological polar surface area (TPSA) is 55.8 Å². The standard InChI is InChI=1S/C30H32FNO4/c1-30(2,3)36-19-27(33)24-12-6-5-11-23(24)25-13-7-9-22(28(25)31)18-32-16-8-10-20-17-21(29(34)35-4)14-15-26(20)32/h5-7,9,11-15,17H,8,10,16,18-19H2,1-4H3. The summed E-state index contributed by atoms with van der Waals surface area (Å²) in [5.74, 6) is -0.890. The van der Waals surface area contributed by atoms with Crippen LogP contribution in [0.1, 0.15) is 59.0 Å². The Bertz CT molecular complexity index is 1280. The monoisotopic (exact) mass is 489 g/mol. The van der Waals surface area contributed by atoms with Gasteiger partial charge in [0.05, 0.1) is 18.3 Å². The highest BCUT2D eigenvalue weighted by atomic mass is 19.1. The Morgan fingerprint density at radius 1 is 1.00 bits per heavy atom. The fourth-order valence-corrected chi connectivity index (χ4v) is 4.52. The smallest absolute Gasteiger partial charge is 0.337 e. The van der Waals surface area contributed by atoms with Gasteiger partial charge in [-0.05, 0) is 62.9 Å². The number of ether oxygens (including phenoxy) is 2. The van der Waals surface area contributed by atoms with Crippen LogP contribution in [0.3, 0.4) is 0 Å². The van der Waals surface area contributed by atoms with Crippen molar-refractivity contribution in [3.8, 4) is 11.1 Å². The van der Waals surface area contributed by atoms with Crippen LogP contribution >= 0.6 is 0 Å². The predicted octanol–water partition coefficient (Wildman–Crippen LogP) is 6.23. The molecular weight excluding hydrogens is 457 g/mol. The predicted molar refractivity (Wildman–Crippen MR) is 139 cm³/mol. The number of ketones is 1. The molecule has 0 saturated carbocycles. The number of benzene rings is 3. The molecule has 3 aromatic rings. The van der Waals surface area contributed by atoms with Crippen LogP contribution in [0.5, 0.6) is 0 Å². The van der Waals surface area contributed by atoms with E-state index in [0.29, 0.717) is 34.4 Å². The number of carbonyl (C=O) groups excluding carboxylic acids is 2. The highest BCUT2D eigenvalue weighted by Gasteiger charge is 2.23. The first-order chi connectivity index (χ1) is 17.2. The number of hydrogen-bond donors (Lipinski definition) is 0. The van der Waals surface area contributed by atoms with Gasteiger partial charge in [0.2, 0.25) is 0 Å². The Balaban J connectivity index is 1.62. The van der Waals surface area contributed by atoms with Crippen molar-refractivity contribution in [2.45, 2.75) is 45.8 Å². The van der Waals surface area contributed by atoms with Gasteiger partial charge in [-0.1, -0.05) is 42.5 Å². The lowest BCUT2D eigenvalue weighted by molar-refractivity contribution is 0.00309. The number of anilines is 1. The number of esters is 1. The maximum atomic E-state index is 15.9. The molecule has 1 aliphatic heterocycles. The number of nitrogens with zero attached hydrogens (tertiary/aromatic N) is 1. The second-order valence-corrected chi connectivity index (χ2v) is 10.0. The average molecular weight is 490 g/mol. The molecule has 0 radical (unpaired) electrons. The fourth-order valence-electron chi connectivity index (χ4n) is 4.52. The van der Waals surface area contributed by atoms with E-state index in [-0.39, 0.29) is 24.2 Å². The van der Waals surface area contributed by atoms with Gasteiger partial charge in [0.1, 0.15) is 12.4 Å². The molecular formula is C30H32FNO4. The summed E-state index contributed by atoms with van der Waals surface area (Å²) in [6, 6.07) is 17.9. The van der Waals surface area contributed by atoms with Crippen molar-refractivity contribution in [2.75, 3.05) is 25.2 Å². The Kier molecular flexibility index (Phi) is 7.55. The van der Waals surface area contributed by atoms with Gasteiger partial charge >= 0.3 is 5.97 Å². The normalized spacial score (nSPS) is 13.3. The Labute approximate surface area is 211 Å². The van der Waals surface area contributed by atoms with E-state index in [1.807, 2.05) is 45.0 Å². The molecule has 1 aliphatic rings. The van der Waals surface area contributed by atoms with E-state index in [1.54, 1.807) is 36.4 Å². The second-order valence-electron chi connectivity index (χ2n) is 10.0. The first-order valence-corrected chi connectivity index (χ1v) is 12.2. The van der Waals surface area contributed by atoms with Gasteiger partial charge in [0.25, 0.3) is 0 Å². The number of fused-ring (bicyclic) bond motifs is 1. The van der Waals surface area contributed by atoms with Crippen molar-refractivity contribution in [1.29, 1.82) is 0 Å². The van der Waals surface area contributed by atoms with E-state index in [1.165, 1.54) is 7.11 Å². The van der Waals surface area contributed by atoms with E-state index in [2.05, 4.69) is 4.90 Å². The molecule has 0 unspecified atom stereocenters. The minimum Gasteiger partial charge on any atom is -0.465 e. The summed E-state index contributed by atoms with van der Waals surface area (Å²) in [5, 5.41) is 0. The van der Waals surface area contributed by atoms with Crippen LogP contribution in [0.2, 0.25) is 0 Å². The lowest BCUT2D eigenvalue weighted by atomic mass is 9.94. The molecule has 0 aliphatic carbocycles. The maximum Gasteiger partial charge on any atom is 0.337 e. The number of Topliss-reactive ketones (excluding diaryl/α,β-unsaturated/α-hetero) is 1. The van der Waals surface area contributed by atoms with E-state index in [9.17, 15) is 9.59 Å². The number of rotatable bonds is 7. The van der Waals surface area contributed by atoms with E-state index in [0.717, 1.165) is 30.6 Å². The molecule has 6 heteroatoms. The Morgan fingerprint density at radius 2 is 1.75 bits per heavy atom. The van der Waals surface area contributed by atoms with Crippen molar-refractivity contribution >= 4 is 17.4 Å². The molecule has 188 valence electrons. The van der Waals surface area contributed by atoms with Crippen LogP contribution < -0.4 is 4.90 Å². The van der Waals surface area contributed by atoms with Gasteiger partial charge < -0.3 is 14.4 Å². The first kappa shape index (κ1) is 25.6. The molecule has 0 saturated heterocycles. The summed E-state index contributed by atoms with van der Waals surface area (Å²) in [5.41, 5.74) is 4.05. The minimum absolute atomic E-state index is 0.0695. The third-order valence-corrected chi connectivity index (χ3v) is 6.31. The second kappa shape index (κ2) is 10.6. The highest BCUT2D eigenvalue weighted by Crippen LogP contribution is 2.33. The van der Waals surface area contributed by atoms with Gasteiger partial charge in [-0.3, -0.25) is 4.79 Å². The van der Waals surface area contributed by atoms with Crippen LogP contribution in [0.25, 0.3) is 11.1 Å². The molecule has 0 spiro atoms. The highest BCUT2D eigenvalue weighted by molar-refractivity contribution is 6.03. The van der Waals surface area contributed by atoms with Crippen LogP contribution in [-0.4, -0.2) is 37.6 Å². The molecule has 36 heavy (non-hydrogen) atoms. The average Bonchev–Trinajstić information content (AvgIpc) is 2.87.